The Morgan fingerprint density at radius 3 is 2.32 bits per heavy atom. The van der Waals surface area contributed by atoms with Crippen molar-refractivity contribution in [1.82, 2.24) is 20.1 Å². The van der Waals surface area contributed by atoms with Gasteiger partial charge in [0.2, 0.25) is 0 Å². The van der Waals surface area contributed by atoms with Crippen LogP contribution in [0.4, 0.5) is 18.0 Å². The van der Waals surface area contributed by atoms with E-state index < -0.39 is 12.3 Å². The molecule has 2 aromatic carbocycles. The fourth-order valence-electron chi connectivity index (χ4n) is 3.71. The maximum absolute atomic E-state index is 13.2. The molecule has 0 spiro atoms. The number of methoxy groups -OCH3 is 2. The van der Waals surface area contributed by atoms with Gasteiger partial charge in [-0.05, 0) is 62.5 Å². The van der Waals surface area contributed by atoms with Gasteiger partial charge in [-0.3, -0.25) is 4.79 Å². The van der Waals surface area contributed by atoms with E-state index in [0.717, 1.165) is 0 Å². The minimum absolute atomic E-state index is 0.236. The van der Waals surface area contributed by atoms with E-state index in [1.54, 1.807) is 28.1 Å². The number of ether oxygens (including phenoxy) is 3. The number of alkyl halides is 3. The van der Waals surface area contributed by atoms with Crippen LogP contribution in [0.25, 0.3) is 11.3 Å². The molecule has 0 unspecified atom stereocenters. The molecular formula is C27H32F3N5O5S. The molecule has 1 heterocycles. The number of urea groups is 1. The van der Waals surface area contributed by atoms with Crippen LogP contribution >= 0.6 is 11.3 Å². The first-order valence-corrected chi connectivity index (χ1v) is 13.4. The molecule has 3 amide bonds. The molecule has 3 rings (SSSR count). The number of nitrogens with zero attached hydrogens (tertiary/aromatic N) is 3. The number of carbonyl (C=O) groups is 2. The molecule has 0 bridgehead atoms. The van der Waals surface area contributed by atoms with Crippen molar-refractivity contribution in [3.05, 3.63) is 58.2 Å². The summed E-state index contributed by atoms with van der Waals surface area (Å²) in [6.07, 6.45) is -4.31. The van der Waals surface area contributed by atoms with Crippen LogP contribution in [-0.4, -0.2) is 75.7 Å². The molecule has 14 heteroatoms. The number of rotatable bonds is 12. The average molecular weight is 596 g/mol. The molecular weight excluding hydrogens is 563 g/mol. The third-order valence-electron chi connectivity index (χ3n) is 5.71. The van der Waals surface area contributed by atoms with Crippen molar-refractivity contribution in [1.29, 1.82) is 0 Å². The van der Waals surface area contributed by atoms with Gasteiger partial charge in [-0.15, -0.1) is 24.5 Å². The first-order chi connectivity index (χ1) is 19.5. The summed E-state index contributed by atoms with van der Waals surface area (Å²) in [5.74, 6) is -0.0765. The van der Waals surface area contributed by atoms with Gasteiger partial charge < -0.3 is 34.3 Å². The van der Waals surface area contributed by atoms with Crippen LogP contribution in [0.1, 0.15) is 16.8 Å². The second-order valence-corrected chi connectivity index (χ2v) is 9.79. The Hall–Kier alpha value is -4.04. The van der Waals surface area contributed by atoms with Gasteiger partial charge in [-0.1, -0.05) is 0 Å². The summed E-state index contributed by atoms with van der Waals surface area (Å²) in [6, 6.07) is 9.89. The molecule has 10 nitrogen and oxygen atoms in total. The Kier molecular flexibility index (Phi) is 11.2. The van der Waals surface area contributed by atoms with Gasteiger partial charge in [0.25, 0.3) is 5.91 Å². The number of hydrogen-bond donors (Lipinski definition) is 2. The lowest BCUT2D eigenvalue weighted by molar-refractivity contribution is -0.274. The Bertz CT molecular complexity index is 1390. The van der Waals surface area contributed by atoms with Gasteiger partial charge in [0, 0.05) is 37.6 Å². The van der Waals surface area contributed by atoms with Gasteiger partial charge in [0.1, 0.15) is 17.2 Å². The van der Waals surface area contributed by atoms with Crippen LogP contribution < -0.4 is 29.6 Å². The number of halogens is 3. The second kappa shape index (κ2) is 14.6. The minimum atomic E-state index is -4.80. The highest BCUT2D eigenvalue weighted by molar-refractivity contribution is 7.07. The zero-order valence-corrected chi connectivity index (χ0v) is 23.9. The monoisotopic (exact) mass is 595 g/mol. The number of nitrogens with one attached hydrogen (secondary N) is 2. The van der Waals surface area contributed by atoms with Crippen LogP contribution in [0, 0.1) is 0 Å². The Balaban J connectivity index is 1.86. The zero-order valence-electron chi connectivity index (χ0n) is 23.1. The third-order valence-corrected chi connectivity index (χ3v) is 6.57. The predicted molar refractivity (Wildman–Crippen MR) is 148 cm³/mol. The molecule has 0 aliphatic carbocycles. The molecule has 0 aliphatic heterocycles. The van der Waals surface area contributed by atoms with Gasteiger partial charge in [0.15, 0.2) is 4.80 Å². The summed E-state index contributed by atoms with van der Waals surface area (Å²) >= 11 is 1.20. The second-order valence-electron chi connectivity index (χ2n) is 8.95. The van der Waals surface area contributed by atoms with Crippen LogP contribution in [0.5, 0.6) is 17.2 Å². The van der Waals surface area contributed by atoms with Gasteiger partial charge in [-0.25, -0.2) is 4.79 Å². The average Bonchev–Trinajstić information content (AvgIpc) is 3.31. The van der Waals surface area contributed by atoms with Crippen LogP contribution in [0.2, 0.25) is 0 Å². The number of likely N-dealkylation sites (N-methyl/N-ethyl adjacent to an activating group) is 1. The largest absolute Gasteiger partial charge is 0.573 e. The van der Waals surface area contributed by atoms with Crippen molar-refractivity contribution >= 4 is 23.3 Å². The van der Waals surface area contributed by atoms with Crippen molar-refractivity contribution in [3.8, 4) is 28.5 Å². The first-order valence-electron chi connectivity index (χ1n) is 12.5. The molecule has 1 aromatic heterocycles. The molecule has 0 aliphatic rings. The first kappa shape index (κ1) is 31.5. The SMILES string of the molecule is COc1ccc(C(=O)N=c2scc(-c3ccc(OC(F)(F)F)cc3)n2CCCNC(=O)NCCN(C)C)c(OC)c1. The summed E-state index contributed by atoms with van der Waals surface area (Å²) in [6.45, 7) is 1.90. The van der Waals surface area contributed by atoms with Crippen LogP contribution in [0.3, 0.4) is 0 Å². The molecule has 0 atom stereocenters. The Morgan fingerprint density at radius 1 is 1.00 bits per heavy atom. The quantitative estimate of drug-likeness (QED) is 0.305. The lowest BCUT2D eigenvalue weighted by atomic mass is 10.1. The molecule has 3 aromatic rings. The molecule has 0 radical (unpaired) electrons. The number of benzene rings is 2. The number of amides is 3. The van der Waals surface area contributed by atoms with E-state index in [0.29, 0.717) is 60.2 Å². The fraction of sp³-hybridized carbons (Fsp3) is 0.370. The molecule has 0 saturated carbocycles. The van der Waals surface area contributed by atoms with Crippen molar-refractivity contribution in [2.45, 2.75) is 19.3 Å². The zero-order chi connectivity index (χ0) is 30.0. The highest BCUT2D eigenvalue weighted by Crippen LogP contribution is 2.28. The smallest absolute Gasteiger partial charge is 0.497 e. The summed E-state index contributed by atoms with van der Waals surface area (Å²) in [5.41, 5.74) is 1.47. The van der Waals surface area contributed by atoms with E-state index in [1.165, 1.54) is 49.8 Å². The number of thiazole rings is 1. The highest BCUT2D eigenvalue weighted by atomic mass is 32.1. The van der Waals surface area contributed by atoms with Crippen molar-refractivity contribution in [2.24, 2.45) is 4.99 Å². The van der Waals surface area contributed by atoms with Gasteiger partial charge in [-0.2, -0.15) is 4.99 Å². The summed E-state index contributed by atoms with van der Waals surface area (Å²) in [4.78, 5) is 31.8. The van der Waals surface area contributed by atoms with Crippen LogP contribution in [-0.2, 0) is 6.54 Å². The number of aromatic nitrogens is 1. The number of hydrogen-bond acceptors (Lipinski definition) is 7. The van der Waals surface area contributed by atoms with E-state index in [-0.39, 0.29) is 17.3 Å². The third kappa shape index (κ3) is 9.53. The summed E-state index contributed by atoms with van der Waals surface area (Å²) in [7, 11) is 6.75. The lowest BCUT2D eigenvalue weighted by Crippen LogP contribution is -2.39. The standard InChI is InChI=1S/C27H32F3N5O5S/c1-34(2)15-13-32-25(37)31-12-5-14-35-22(18-6-8-19(9-7-18)40-27(28,29)30)17-41-26(35)33-24(36)21-11-10-20(38-3)16-23(21)39-4/h6-11,16-17H,5,12-15H2,1-4H3,(H2,31,32,37). The highest BCUT2D eigenvalue weighted by Gasteiger charge is 2.31. The van der Waals surface area contributed by atoms with E-state index >= 15 is 0 Å². The van der Waals surface area contributed by atoms with Crippen LogP contribution in [0.15, 0.2) is 52.8 Å². The normalized spacial score (nSPS) is 11.9. The van der Waals surface area contributed by atoms with Gasteiger partial charge >= 0.3 is 12.4 Å². The topological polar surface area (TPSA) is 106 Å². The van der Waals surface area contributed by atoms with E-state index in [1.807, 2.05) is 19.0 Å². The lowest BCUT2D eigenvalue weighted by Gasteiger charge is -2.13. The van der Waals surface area contributed by atoms with Gasteiger partial charge in [0.05, 0.1) is 25.5 Å². The maximum Gasteiger partial charge on any atom is 0.573 e. The van der Waals surface area contributed by atoms with E-state index in [9.17, 15) is 22.8 Å². The molecule has 41 heavy (non-hydrogen) atoms. The molecule has 222 valence electrons. The van der Waals surface area contributed by atoms with Crippen molar-refractivity contribution < 1.29 is 37.0 Å². The Labute approximate surface area is 239 Å². The molecule has 2 N–H and O–H groups in total. The summed E-state index contributed by atoms with van der Waals surface area (Å²) < 4.78 is 54.1. The van der Waals surface area contributed by atoms with Crippen molar-refractivity contribution in [3.63, 3.8) is 0 Å². The van der Waals surface area contributed by atoms with Crippen molar-refractivity contribution in [2.75, 3.05) is 47.9 Å². The minimum Gasteiger partial charge on any atom is -0.497 e. The van der Waals surface area contributed by atoms with E-state index in [4.69, 9.17) is 9.47 Å². The fourth-order valence-corrected chi connectivity index (χ4v) is 4.64. The summed E-state index contributed by atoms with van der Waals surface area (Å²) in [5, 5.41) is 7.32. The Morgan fingerprint density at radius 2 is 1.68 bits per heavy atom. The molecule has 0 fully saturated rings. The predicted octanol–water partition coefficient (Wildman–Crippen LogP) is 4.12. The van der Waals surface area contributed by atoms with E-state index in [2.05, 4.69) is 20.4 Å². The molecule has 0 saturated heterocycles. The number of carbonyl (C=O) groups excluding carboxylic acids is 2. The maximum atomic E-state index is 13.2.